The van der Waals surface area contributed by atoms with Crippen LogP contribution in [-0.2, 0) is 6.61 Å². The first-order chi connectivity index (χ1) is 13.7. The number of rotatable bonds is 6. The molecule has 0 saturated heterocycles. The van der Waals surface area contributed by atoms with Crippen LogP contribution < -0.4 is 14.8 Å². The Bertz CT molecular complexity index is 1080. The van der Waals surface area contributed by atoms with Crippen molar-refractivity contribution in [1.82, 2.24) is 9.97 Å². The van der Waals surface area contributed by atoms with E-state index in [4.69, 9.17) is 9.47 Å². The normalized spacial score (nSPS) is 10.6. The van der Waals surface area contributed by atoms with E-state index in [0.29, 0.717) is 29.1 Å². The van der Waals surface area contributed by atoms with Crippen molar-refractivity contribution in [3.63, 3.8) is 0 Å². The Labute approximate surface area is 162 Å². The Kier molecular flexibility index (Phi) is 4.93. The molecular formula is C22H19N3O3. The summed E-state index contributed by atoms with van der Waals surface area (Å²) in [5.74, 6) is 1.79. The van der Waals surface area contributed by atoms with Gasteiger partial charge in [-0.15, -0.1) is 0 Å². The number of aromatic nitrogens is 2. The Morgan fingerprint density at radius 2 is 1.75 bits per heavy atom. The Morgan fingerprint density at radius 3 is 2.50 bits per heavy atom. The van der Waals surface area contributed by atoms with E-state index in [2.05, 4.69) is 15.3 Å². The van der Waals surface area contributed by atoms with Gasteiger partial charge in [0.2, 0.25) is 0 Å². The number of benzene rings is 3. The van der Waals surface area contributed by atoms with E-state index in [1.54, 1.807) is 12.1 Å². The van der Waals surface area contributed by atoms with E-state index in [1.807, 2.05) is 54.6 Å². The standard InChI is InChI=1S/C22H19N3O3/c1-27-21-12-19-18(11-20(21)26)22(24-14-23-19)25-16-7-9-17(10-8-16)28-13-15-5-3-2-4-6-15/h2-12,14,26H,13H2,1H3,(H,23,24,25). The third-order valence-electron chi connectivity index (χ3n) is 4.30. The number of aromatic hydroxyl groups is 1. The van der Waals surface area contributed by atoms with Crippen LogP contribution in [0.25, 0.3) is 10.9 Å². The number of phenolic OH excluding ortho intramolecular Hbond substituents is 1. The van der Waals surface area contributed by atoms with Crippen molar-refractivity contribution >= 4 is 22.4 Å². The second-order valence-corrected chi connectivity index (χ2v) is 6.19. The van der Waals surface area contributed by atoms with Gasteiger partial charge < -0.3 is 19.9 Å². The van der Waals surface area contributed by atoms with Crippen LogP contribution in [0.4, 0.5) is 11.5 Å². The third kappa shape index (κ3) is 3.81. The number of hydrogen-bond donors (Lipinski definition) is 2. The molecule has 28 heavy (non-hydrogen) atoms. The molecule has 0 saturated carbocycles. The fourth-order valence-electron chi connectivity index (χ4n) is 2.85. The summed E-state index contributed by atoms with van der Waals surface area (Å²) in [7, 11) is 1.50. The number of nitrogens with zero attached hydrogens (tertiary/aromatic N) is 2. The average Bonchev–Trinajstić information content (AvgIpc) is 2.74. The highest BCUT2D eigenvalue weighted by molar-refractivity contribution is 5.92. The van der Waals surface area contributed by atoms with Gasteiger partial charge in [-0.2, -0.15) is 0 Å². The molecule has 0 amide bonds. The van der Waals surface area contributed by atoms with Gasteiger partial charge >= 0.3 is 0 Å². The zero-order chi connectivity index (χ0) is 19.3. The number of anilines is 2. The Hall–Kier alpha value is -3.80. The molecule has 0 spiro atoms. The van der Waals surface area contributed by atoms with Gasteiger partial charge in [-0.3, -0.25) is 0 Å². The smallest absolute Gasteiger partial charge is 0.162 e. The number of methoxy groups -OCH3 is 1. The molecule has 2 N–H and O–H groups in total. The summed E-state index contributed by atoms with van der Waals surface area (Å²) >= 11 is 0. The SMILES string of the molecule is COc1cc2ncnc(Nc3ccc(OCc4ccccc4)cc3)c2cc1O. The summed E-state index contributed by atoms with van der Waals surface area (Å²) in [6.07, 6.45) is 1.47. The van der Waals surface area contributed by atoms with E-state index in [-0.39, 0.29) is 5.75 Å². The molecule has 140 valence electrons. The average molecular weight is 373 g/mol. The van der Waals surface area contributed by atoms with Crippen molar-refractivity contribution < 1.29 is 14.6 Å². The van der Waals surface area contributed by atoms with Crippen LogP contribution in [-0.4, -0.2) is 22.2 Å². The maximum Gasteiger partial charge on any atom is 0.162 e. The first-order valence-corrected chi connectivity index (χ1v) is 8.78. The summed E-state index contributed by atoms with van der Waals surface area (Å²) in [5, 5.41) is 14.0. The highest BCUT2D eigenvalue weighted by Gasteiger charge is 2.10. The molecule has 1 aromatic heterocycles. The first-order valence-electron chi connectivity index (χ1n) is 8.78. The second kappa shape index (κ2) is 7.84. The number of ether oxygens (including phenoxy) is 2. The van der Waals surface area contributed by atoms with Crippen molar-refractivity contribution in [3.8, 4) is 17.2 Å². The molecule has 0 radical (unpaired) electrons. The van der Waals surface area contributed by atoms with Crippen LogP contribution >= 0.6 is 0 Å². The third-order valence-corrected chi connectivity index (χ3v) is 4.30. The van der Waals surface area contributed by atoms with Crippen molar-refractivity contribution in [1.29, 1.82) is 0 Å². The fraction of sp³-hybridized carbons (Fsp3) is 0.0909. The van der Waals surface area contributed by atoms with E-state index < -0.39 is 0 Å². The van der Waals surface area contributed by atoms with Gasteiger partial charge in [-0.05, 0) is 35.9 Å². The lowest BCUT2D eigenvalue weighted by atomic mass is 10.2. The van der Waals surface area contributed by atoms with Crippen LogP contribution in [0, 0.1) is 0 Å². The van der Waals surface area contributed by atoms with Gasteiger partial charge in [0.05, 0.1) is 12.6 Å². The van der Waals surface area contributed by atoms with Gasteiger partial charge in [-0.25, -0.2) is 9.97 Å². The highest BCUT2D eigenvalue weighted by Crippen LogP contribution is 2.33. The molecule has 3 aromatic carbocycles. The summed E-state index contributed by atoms with van der Waals surface area (Å²) in [4.78, 5) is 8.53. The van der Waals surface area contributed by atoms with Gasteiger partial charge in [-0.1, -0.05) is 30.3 Å². The van der Waals surface area contributed by atoms with E-state index in [9.17, 15) is 5.11 Å². The number of phenols is 1. The molecule has 0 aliphatic heterocycles. The molecule has 0 atom stereocenters. The van der Waals surface area contributed by atoms with Gasteiger partial charge in [0.15, 0.2) is 11.5 Å². The highest BCUT2D eigenvalue weighted by atomic mass is 16.5. The largest absolute Gasteiger partial charge is 0.504 e. The summed E-state index contributed by atoms with van der Waals surface area (Å²) in [6.45, 7) is 0.519. The Morgan fingerprint density at radius 1 is 0.964 bits per heavy atom. The van der Waals surface area contributed by atoms with Crippen LogP contribution in [0.5, 0.6) is 17.2 Å². The minimum absolute atomic E-state index is 0.0394. The van der Waals surface area contributed by atoms with Crippen molar-refractivity contribution in [2.45, 2.75) is 6.61 Å². The zero-order valence-corrected chi connectivity index (χ0v) is 15.3. The van der Waals surface area contributed by atoms with Crippen molar-refractivity contribution in [2.24, 2.45) is 0 Å². The summed E-state index contributed by atoms with van der Waals surface area (Å²) in [6, 6.07) is 20.9. The van der Waals surface area contributed by atoms with Gasteiger partial charge in [0.25, 0.3) is 0 Å². The lowest BCUT2D eigenvalue weighted by Crippen LogP contribution is -1.98. The molecule has 6 heteroatoms. The topological polar surface area (TPSA) is 76.5 Å². The maximum absolute atomic E-state index is 10.1. The predicted molar refractivity (Wildman–Crippen MR) is 108 cm³/mol. The molecule has 0 fully saturated rings. The quantitative estimate of drug-likeness (QED) is 0.512. The molecular weight excluding hydrogens is 354 g/mol. The lowest BCUT2D eigenvalue weighted by Gasteiger charge is -2.11. The van der Waals surface area contributed by atoms with Crippen LogP contribution in [0.15, 0.2) is 73.1 Å². The van der Waals surface area contributed by atoms with Crippen LogP contribution in [0.3, 0.4) is 0 Å². The molecule has 0 bridgehead atoms. The number of hydrogen-bond acceptors (Lipinski definition) is 6. The Balaban J connectivity index is 1.50. The van der Waals surface area contributed by atoms with E-state index in [0.717, 1.165) is 17.0 Å². The molecule has 1 heterocycles. The summed E-state index contributed by atoms with van der Waals surface area (Å²) in [5.41, 5.74) is 2.64. The van der Waals surface area contributed by atoms with Crippen LogP contribution in [0.1, 0.15) is 5.56 Å². The molecule has 0 aliphatic rings. The molecule has 0 aliphatic carbocycles. The molecule has 6 nitrogen and oxygen atoms in total. The second-order valence-electron chi connectivity index (χ2n) is 6.19. The molecule has 4 rings (SSSR count). The monoisotopic (exact) mass is 373 g/mol. The van der Waals surface area contributed by atoms with Gasteiger partial charge in [0.1, 0.15) is 24.5 Å². The lowest BCUT2D eigenvalue weighted by molar-refractivity contribution is 0.306. The van der Waals surface area contributed by atoms with Crippen LogP contribution in [0.2, 0.25) is 0 Å². The molecule has 0 unspecified atom stereocenters. The van der Waals surface area contributed by atoms with E-state index in [1.165, 1.54) is 13.4 Å². The minimum Gasteiger partial charge on any atom is -0.504 e. The maximum atomic E-state index is 10.1. The fourth-order valence-corrected chi connectivity index (χ4v) is 2.85. The first kappa shape index (κ1) is 17.6. The van der Waals surface area contributed by atoms with Gasteiger partial charge in [0, 0.05) is 17.1 Å². The predicted octanol–water partition coefficient (Wildman–Crippen LogP) is 4.67. The number of fused-ring (bicyclic) bond motifs is 1. The number of nitrogens with one attached hydrogen (secondary N) is 1. The molecule has 4 aromatic rings. The summed E-state index contributed by atoms with van der Waals surface area (Å²) < 4.78 is 10.9. The van der Waals surface area contributed by atoms with Crippen molar-refractivity contribution in [3.05, 3.63) is 78.6 Å². The zero-order valence-electron chi connectivity index (χ0n) is 15.3. The van der Waals surface area contributed by atoms with E-state index >= 15 is 0 Å². The minimum atomic E-state index is 0.0394. The van der Waals surface area contributed by atoms with Crippen molar-refractivity contribution in [2.75, 3.05) is 12.4 Å².